The van der Waals surface area contributed by atoms with Crippen molar-refractivity contribution >= 4 is 54.6 Å². The van der Waals surface area contributed by atoms with Crippen LogP contribution in [0.4, 0.5) is 0 Å². The van der Waals surface area contributed by atoms with Crippen LogP contribution < -0.4 is 0 Å². The molecule has 9 aromatic rings. The summed E-state index contributed by atoms with van der Waals surface area (Å²) in [5, 5.41) is 6.35. The van der Waals surface area contributed by atoms with Gasteiger partial charge in [0.15, 0.2) is 17.5 Å². The molecule has 0 radical (unpaired) electrons. The normalized spacial score (nSPS) is 11.8. The van der Waals surface area contributed by atoms with E-state index in [1.54, 1.807) is 0 Å². The maximum atomic E-state index is 6.63. The summed E-state index contributed by atoms with van der Waals surface area (Å²) in [4.78, 5) is 14.6. The molecule has 3 heterocycles. The fourth-order valence-electron chi connectivity index (χ4n) is 5.98. The van der Waals surface area contributed by atoms with Crippen LogP contribution in [-0.4, -0.2) is 15.0 Å². The fourth-order valence-corrected chi connectivity index (χ4v) is 5.98. The van der Waals surface area contributed by atoms with Crippen LogP contribution in [0, 0.1) is 0 Å². The molecule has 0 spiro atoms. The van der Waals surface area contributed by atoms with Gasteiger partial charge in [0, 0.05) is 38.2 Å². The third-order valence-corrected chi connectivity index (χ3v) is 7.91. The van der Waals surface area contributed by atoms with Crippen molar-refractivity contribution in [1.29, 1.82) is 0 Å². The van der Waals surface area contributed by atoms with Gasteiger partial charge in [-0.1, -0.05) is 109 Å². The van der Waals surface area contributed by atoms with Gasteiger partial charge >= 0.3 is 0 Å². The van der Waals surface area contributed by atoms with Crippen LogP contribution in [-0.2, 0) is 0 Å². The summed E-state index contributed by atoms with van der Waals surface area (Å²) in [7, 11) is 0. The average Bonchev–Trinajstić information content (AvgIpc) is 3.64. The first-order chi connectivity index (χ1) is 20.8. The molecule has 196 valence electrons. The maximum absolute atomic E-state index is 6.63. The van der Waals surface area contributed by atoms with Gasteiger partial charge in [-0.2, -0.15) is 0 Å². The second kappa shape index (κ2) is 8.85. The van der Waals surface area contributed by atoms with Gasteiger partial charge in [-0.15, -0.1) is 0 Å². The highest BCUT2D eigenvalue weighted by molar-refractivity contribution is 6.33. The van der Waals surface area contributed by atoms with E-state index in [1.807, 2.05) is 78.9 Å². The zero-order valence-electron chi connectivity index (χ0n) is 22.3. The van der Waals surface area contributed by atoms with E-state index in [9.17, 15) is 0 Å². The van der Waals surface area contributed by atoms with E-state index >= 15 is 0 Å². The first-order valence-corrected chi connectivity index (χ1v) is 13.9. The van der Waals surface area contributed by atoms with Gasteiger partial charge in [-0.25, -0.2) is 15.0 Å². The van der Waals surface area contributed by atoms with Crippen molar-refractivity contribution in [3.05, 3.63) is 127 Å². The first-order valence-electron chi connectivity index (χ1n) is 13.9. The van der Waals surface area contributed by atoms with Crippen molar-refractivity contribution in [2.45, 2.75) is 0 Å². The summed E-state index contributed by atoms with van der Waals surface area (Å²) < 4.78 is 13.1. The van der Waals surface area contributed by atoms with Crippen molar-refractivity contribution in [3.8, 4) is 34.2 Å². The van der Waals surface area contributed by atoms with Gasteiger partial charge in [0.2, 0.25) is 0 Å². The van der Waals surface area contributed by atoms with Crippen LogP contribution in [0.3, 0.4) is 0 Å². The van der Waals surface area contributed by atoms with Crippen molar-refractivity contribution in [2.24, 2.45) is 0 Å². The smallest absolute Gasteiger partial charge is 0.164 e. The van der Waals surface area contributed by atoms with Crippen molar-refractivity contribution in [3.63, 3.8) is 0 Å². The molecule has 5 nitrogen and oxygen atoms in total. The number of para-hydroxylation sites is 1. The van der Waals surface area contributed by atoms with E-state index in [0.29, 0.717) is 17.5 Å². The Morgan fingerprint density at radius 1 is 0.357 bits per heavy atom. The summed E-state index contributed by atoms with van der Waals surface area (Å²) in [6.45, 7) is 0. The first kappa shape index (κ1) is 22.9. The second-order valence-corrected chi connectivity index (χ2v) is 10.4. The lowest BCUT2D eigenvalue weighted by molar-refractivity contribution is 0.665. The number of hydrogen-bond acceptors (Lipinski definition) is 5. The highest BCUT2D eigenvalue weighted by Crippen LogP contribution is 2.45. The minimum Gasteiger partial charge on any atom is -0.455 e. The molecule has 0 unspecified atom stereocenters. The predicted molar refractivity (Wildman–Crippen MR) is 168 cm³/mol. The Bertz CT molecular complexity index is 2400. The van der Waals surface area contributed by atoms with Crippen LogP contribution in [0.1, 0.15) is 0 Å². The monoisotopic (exact) mass is 539 g/mol. The summed E-state index contributed by atoms with van der Waals surface area (Å²) in [5.74, 6) is 1.84. The van der Waals surface area contributed by atoms with Crippen molar-refractivity contribution in [1.82, 2.24) is 15.0 Å². The zero-order valence-corrected chi connectivity index (χ0v) is 22.3. The third kappa shape index (κ3) is 3.40. The van der Waals surface area contributed by atoms with Gasteiger partial charge < -0.3 is 8.83 Å². The number of fused-ring (bicyclic) bond motifs is 10. The van der Waals surface area contributed by atoms with Gasteiger partial charge in [-0.3, -0.25) is 0 Å². The summed E-state index contributed by atoms with van der Waals surface area (Å²) in [6.07, 6.45) is 0. The van der Waals surface area contributed by atoms with E-state index in [4.69, 9.17) is 23.8 Å². The molecule has 0 saturated heterocycles. The highest BCUT2D eigenvalue weighted by atomic mass is 16.3. The molecule has 0 aliphatic carbocycles. The van der Waals surface area contributed by atoms with Crippen LogP contribution >= 0.6 is 0 Å². The molecule has 0 aliphatic heterocycles. The number of rotatable bonds is 3. The number of benzene rings is 6. The largest absolute Gasteiger partial charge is 0.455 e. The quantitative estimate of drug-likeness (QED) is 0.224. The van der Waals surface area contributed by atoms with Gasteiger partial charge in [0.1, 0.15) is 22.3 Å². The van der Waals surface area contributed by atoms with Crippen molar-refractivity contribution < 1.29 is 8.83 Å². The third-order valence-electron chi connectivity index (χ3n) is 7.91. The molecule has 9 rings (SSSR count). The Morgan fingerprint density at radius 3 is 1.57 bits per heavy atom. The number of hydrogen-bond donors (Lipinski definition) is 0. The predicted octanol–water partition coefficient (Wildman–Crippen LogP) is 9.82. The maximum Gasteiger partial charge on any atom is 0.164 e. The SMILES string of the molecule is c1ccc(-c2nc(-c3ccccc3)nc(-c3ccc4c(c3)oc3c5ccccc5c5c6ccccc6oc5c43)n2)cc1. The van der Waals surface area contributed by atoms with E-state index in [0.717, 1.165) is 71.3 Å². The van der Waals surface area contributed by atoms with E-state index in [2.05, 4.69) is 48.5 Å². The minimum atomic E-state index is 0.587. The fraction of sp³-hybridized carbons (Fsp3) is 0. The van der Waals surface area contributed by atoms with Gasteiger partial charge in [0.25, 0.3) is 0 Å². The lowest BCUT2D eigenvalue weighted by Gasteiger charge is -2.08. The zero-order chi connectivity index (χ0) is 27.6. The van der Waals surface area contributed by atoms with Crippen LogP contribution in [0.2, 0.25) is 0 Å². The highest BCUT2D eigenvalue weighted by Gasteiger charge is 2.21. The van der Waals surface area contributed by atoms with E-state index in [-0.39, 0.29) is 0 Å². The topological polar surface area (TPSA) is 65.0 Å². The Morgan fingerprint density at radius 2 is 0.881 bits per heavy atom. The van der Waals surface area contributed by atoms with Crippen molar-refractivity contribution in [2.75, 3.05) is 0 Å². The number of aromatic nitrogens is 3. The molecule has 0 atom stereocenters. The molecule has 0 saturated carbocycles. The Labute approximate surface area is 239 Å². The molecule has 0 N–H and O–H groups in total. The molecule has 0 bridgehead atoms. The molecule has 0 fully saturated rings. The summed E-state index contributed by atoms with van der Waals surface area (Å²) >= 11 is 0. The lowest BCUT2D eigenvalue weighted by Crippen LogP contribution is -2.00. The van der Waals surface area contributed by atoms with Crippen LogP contribution in [0.15, 0.2) is 136 Å². The number of furan rings is 2. The summed E-state index contributed by atoms with van der Waals surface area (Å²) in [5.41, 5.74) is 5.99. The molecular weight excluding hydrogens is 518 g/mol. The second-order valence-electron chi connectivity index (χ2n) is 10.4. The minimum absolute atomic E-state index is 0.587. The average molecular weight is 540 g/mol. The molecule has 3 aromatic heterocycles. The number of nitrogens with zero attached hydrogens (tertiary/aromatic N) is 3. The molecule has 0 amide bonds. The molecule has 0 aliphatic rings. The lowest BCUT2D eigenvalue weighted by atomic mass is 9.99. The molecule has 42 heavy (non-hydrogen) atoms. The van der Waals surface area contributed by atoms with Crippen LogP contribution in [0.5, 0.6) is 0 Å². The standard InChI is InChI=1S/C37H21N3O2/c1-3-11-22(12-4-1)35-38-36(23-13-5-2-6-14-23)40-37(39-35)24-19-20-28-30(21-24)42-33-26-16-8-7-15-25(26)31-27-17-9-10-18-29(27)41-34(31)32(28)33/h1-21H. The Hall–Kier alpha value is -5.81. The van der Waals surface area contributed by atoms with E-state index in [1.165, 1.54) is 0 Å². The van der Waals surface area contributed by atoms with E-state index < -0.39 is 0 Å². The molecular formula is C37H21N3O2. The Kier molecular flexibility index (Phi) is 4.83. The van der Waals surface area contributed by atoms with Crippen LogP contribution in [0.25, 0.3) is 88.8 Å². The summed E-state index contributed by atoms with van der Waals surface area (Å²) in [6, 6.07) is 42.7. The van der Waals surface area contributed by atoms with Gasteiger partial charge in [-0.05, 0) is 23.6 Å². The van der Waals surface area contributed by atoms with Gasteiger partial charge in [0.05, 0.1) is 5.39 Å². The molecule has 6 aromatic carbocycles. The molecule has 5 heteroatoms. The Balaban J connectivity index is 1.32.